The third-order valence-electron chi connectivity index (χ3n) is 6.53. The second-order valence-electron chi connectivity index (χ2n) is 9.26. The Labute approximate surface area is 232 Å². The van der Waals surface area contributed by atoms with Gasteiger partial charge in [0, 0.05) is 24.8 Å². The number of hydrogen-bond donors (Lipinski definition) is 2. The minimum atomic E-state index is -0.939. The largest absolute Gasteiger partial charge is 0.473 e. The molecule has 0 unspecified atom stereocenters. The van der Waals surface area contributed by atoms with Crippen LogP contribution in [0.4, 0.5) is 16.2 Å². The average molecular weight is 533 g/mol. The van der Waals surface area contributed by atoms with Crippen molar-refractivity contribution < 1.29 is 19.4 Å². The average Bonchev–Trinajstić information content (AvgIpc) is 3.01. The maximum absolute atomic E-state index is 11.2. The van der Waals surface area contributed by atoms with Crippen LogP contribution in [0.5, 0.6) is 11.8 Å². The number of carbonyl (C=O) groups is 1. The van der Waals surface area contributed by atoms with Gasteiger partial charge >= 0.3 is 6.09 Å². The van der Waals surface area contributed by atoms with Crippen molar-refractivity contribution in [1.82, 2.24) is 9.88 Å². The van der Waals surface area contributed by atoms with Gasteiger partial charge in [-0.25, -0.2) is 4.79 Å². The number of amides is 1. The molecule has 1 aliphatic rings. The van der Waals surface area contributed by atoms with Gasteiger partial charge in [-0.2, -0.15) is 10.2 Å². The van der Waals surface area contributed by atoms with E-state index < -0.39 is 6.09 Å². The molecule has 3 aromatic carbocycles. The van der Waals surface area contributed by atoms with Gasteiger partial charge in [-0.05, 0) is 46.9 Å². The number of rotatable bonds is 9. The molecule has 40 heavy (non-hydrogen) atoms. The number of nitriles is 1. The van der Waals surface area contributed by atoms with Crippen molar-refractivity contribution in [3.05, 3.63) is 119 Å². The summed E-state index contributed by atoms with van der Waals surface area (Å²) >= 11 is 0. The fraction of sp³-hybridized carbons (Fsp3) is 0.156. The Kier molecular flexibility index (Phi) is 8.23. The number of pyridine rings is 1. The summed E-state index contributed by atoms with van der Waals surface area (Å²) in [7, 11) is 0. The SMILES string of the molecule is N#Cc1cc(Nc2ccc(OCc3ccccc3)nc2OCc2ccccc2)ccc1C1=CCN(C(=O)O)CC1. The second kappa shape index (κ2) is 12.5. The molecule has 0 aliphatic carbocycles. The molecule has 200 valence electrons. The zero-order chi connectivity index (χ0) is 27.7. The number of hydrogen-bond acceptors (Lipinski definition) is 6. The van der Waals surface area contributed by atoms with Crippen molar-refractivity contribution in [1.29, 1.82) is 5.26 Å². The number of benzene rings is 3. The van der Waals surface area contributed by atoms with Crippen LogP contribution in [0, 0.1) is 11.3 Å². The third-order valence-corrected chi connectivity index (χ3v) is 6.53. The summed E-state index contributed by atoms with van der Waals surface area (Å²) in [4.78, 5) is 17.2. The zero-order valence-electron chi connectivity index (χ0n) is 21.8. The summed E-state index contributed by atoms with van der Waals surface area (Å²) in [6.45, 7) is 1.42. The summed E-state index contributed by atoms with van der Waals surface area (Å²) in [6.07, 6.45) is 1.49. The second-order valence-corrected chi connectivity index (χ2v) is 9.26. The van der Waals surface area contributed by atoms with Gasteiger partial charge in [0.2, 0.25) is 11.8 Å². The normalized spacial score (nSPS) is 12.7. The van der Waals surface area contributed by atoms with Crippen LogP contribution in [0.25, 0.3) is 5.57 Å². The molecule has 0 spiro atoms. The van der Waals surface area contributed by atoms with E-state index in [1.807, 2.05) is 84.9 Å². The van der Waals surface area contributed by atoms with Crippen LogP contribution in [0.3, 0.4) is 0 Å². The van der Waals surface area contributed by atoms with Gasteiger partial charge in [0.15, 0.2) is 0 Å². The minimum absolute atomic E-state index is 0.308. The van der Waals surface area contributed by atoms with E-state index in [-0.39, 0.29) is 0 Å². The lowest BCUT2D eigenvalue weighted by atomic mass is 9.95. The molecule has 0 saturated carbocycles. The maximum atomic E-state index is 11.2. The molecule has 8 heteroatoms. The molecule has 8 nitrogen and oxygen atoms in total. The van der Waals surface area contributed by atoms with Crippen molar-refractivity contribution in [3.63, 3.8) is 0 Å². The third kappa shape index (κ3) is 6.58. The molecular weight excluding hydrogens is 504 g/mol. The Morgan fingerprint density at radius 1 is 0.950 bits per heavy atom. The summed E-state index contributed by atoms with van der Waals surface area (Å²) in [6, 6.07) is 31.2. The van der Waals surface area contributed by atoms with Gasteiger partial charge in [-0.3, -0.25) is 0 Å². The van der Waals surface area contributed by atoms with Crippen LogP contribution in [0.15, 0.2) is 97.1 Å². The lowest BCUT2D eigenvalue weighted by Gasteiger charge is -2.24. The van der Waals surface area contributed by atoms with E-state index in [1.54, 1.807) is 12.1 Å². The first-order chi connectivity index (χ1) is 19.6. The number of ether oxygens (including phenoxy) is 2. The highest BCUT2D eigenvalue weighted by atomic mass is 16.5. The van der Waals surface area contributed by atoms with Crippen LogP contribution in [0.1, 0.15) is 28.7 Å². The molecule has 0 atom stereocenters. The van der Waals surface area contributed by atoms with E-state index in [0.29, 0.717) is 61.4 Å². The van der Waals surface area contributed by atoms with E-state index in [1.165, 1.54) is 4.90 Å². The lowest BCUT2D eigenvalue weighted by Crippen LogP contribution is -2.33. The highest BCUT2D eigenvalue weighted by molar-refractivity contribution is 5.77. The quantitative estimate of drug-likeness (QED) is 0.249. The summed E-state index contributed by atoms with van der Waals surface area (Å²) in [5, 5.41) is 22.4. The Hall–Kier alpha value is -5.29. The Bertz CT molecular complexity index is 1550. The first-order valence-corrected chi connectivity index (χ1v) is 12.9. The fourth-order valence-electron chi connectivity index (χ4n) is 4.40. The molecular formula is C32H28N4O4. The Morgan fingerprint density at radius 2 is 1.65 bits per heavy atom. The van der Waals surface area contributed by atoms with Gasteiger partial charge in [-0.15, -0.1) is 0 Å². The molecule has 0 fully saturated rings. The highest BCUT2D eigenvalue weighted by Crippen LogP contribution is 2.32. The highest BCUT2D eigenvalue weighted by Gasteiger charge is 2.19. The van der Waals surface area contributed by atoms with Crippen molar-refractivity contribution in [2.24, 2.45) is 0 Å². The topological polar surface area (TPSA) is 108 Å². The summed E-state index contributed by atoms with van der Waals surface area (Å²) in [5.41, 5.74) is 5.65. The first-order valence-electron chi connectivity index (χ1n) is 12.9. The molecule has 2 N–H and O–H groups in total. The van der Waals surface area contributed by atoms with Crippen molar-refractivity contribution in [2.45, 2.75) is 19.6 Å². The van der Waals surface area contributed by atoms with Crippen LogP contribution in [-0.2, 0) is 13.2 Å². The molecule has 1 aromatic heterocycles. The number of nitrogens with zero attached hydrogens (tertiary/aromatic N) is 3. The Balaban J connectivity index is 1.36. The lowest BCUT2D eigenvalue weighted by molar-refractivity contribution is 0.150. The van der Waals surface area contributed by atoms with Crippen LogP contribution >= 0.6 is 0 Å². The van der Waals surface area contributed by atoms with Gasteiger partial charge in [0.05, 0.1) is 11.6 Å². The van der Waals surface area contributed by atoms with E-state index in [9.17, 15) is 15.2 Å². The molecule has 0 radical (unpaired) electrons. The predicted octanol–water partition coefficient (Wildman–Crippen LogP) is 6.62. The molecule has 0 bridgehead atoms. The molecule has 4 aromatic rings. The fourth-order valence-corrected chi connectivity index (χ4v) is 4.40. The van der Waals surface area contributed by atoms with E-state index in [0.717, 1.165) is 22.3 Å². The molecule has 5 rings (SSSR count). The van der Waals surface area contributed by atoms with E-state index in [4.69, 9.17) is 9.47 Å². The maximum Gasteiger partial charge on any atom is 0.407 e. The van der Waals surface area contributed by atoms with E-state index in [2.05, 4.69) is 16.4 Å². The summed E-state index contributed by atoms with van der Waals surface area (Å²) < 4.78 is 12.0. The predicted molar refractivity (Wildman–Crippen MR) is 152 cm³/mol. The van der Waals surface area contributed by atoms with Gasteiger partial charge in [0.25, 0.3) is 0 Å². The molecule has 1 amide bonds. The van der Waals surface area contributed by atoms with E-state index >= 15 is 0 Å². The monoisotopic (exact) mass is 532 g/mol. The number of carboxylic acid groups (broad SMARTS) is 1. The minimum Gasteiger partial charge on any atom is -0.473 e. The van der Waals surface area contributed by atoms with Gasteiger partial charge < -0.3 is 24.8 Å². The molecule has 2 heterocycles. The Morgan fingerprint density at radius 3 is 2.27 bits per heavy atom. The standard InChI is InChI=1S/C32H28N4O4/c33-20-26-19-27(11-12-28(26)25-15-17-36(18-16-25)32(37)38)34-29-13-14-30(39-21-23-7-3-1-4-8-23)35-31(29)40-22-24-9-5-2-6-10-24/h1-15,19,34H,16-18,21-22H2,(H,37,38). The number of anilines is 2. The van der Waals surface area contributed by atoms with Crippen molar-refractivity contribution in [2.75, 3.05) is 18.4 Å². The van der Waals surface area contributed by atoms with Crippen molar-refractivity contribution >= 4 is 23.0 Å². The first kappa shape index (κ1) is 26.3. The van der Waals surface area contributed by atoms with Crippen LogP contribution in [-0.4, -0.2) is 34.2 Å². The summed E-state index contributed by atoms with van der Waals surface area (Å²) in [5.74, 6) is 0.811. The smallest absolute Gasteiger partial charge is 0.407 e. The van der Waals surface area contributed by atoms with Gasteiger partial charge in [-0.1, -0.05) is 72.8 Å². The molecule has 0 saturated heterocycles. The number of nitrogens with one attached hydrogen (secondary N) is 1. The van der Waals surface area contributed by atoms with Crippen molar-refractivity contribution in [3.8, 4) is 17.8 Å². The molecule has 1 aliphatic heterocycles. The van der Waals surface area contributed by atoms with Gasteiger partial charge in [0.1, 0.15) is 18.9 Å². The number of aromatic nitrogens is 1. The zero-order valence-corrected chi connectivity index (χ0v) is 21.8. The van der Waals surface area contributed by atoms with Crippen LogP contribution in [0.2, 0.25) is 0 Å². The van der Waals surface area contributed by atoms with Crippen LogP contribution < -0.4 is 14.8 Å².